The van der Waals surface area contributed by atoms with Crippen LogP contribution in [-0.4, -0.2) is 35.1 Å². The van der Waals surface area contributed by atoms with Gasteiger partial charge < -0.3 is 5.11 Å². The van der Waals surface area contributed by atoms with Gasteiger partial charge in [-0.25, -0.2) is 0 Å². The number of piperidine rings is 1. The first-order valence-electron chi connectivity index (χ1n) is 6.19. The second kappa shape index (κ2) is 4.52. The lowest BCUT2D eigenvalue weighted by atomic mass is 9.77. The van der Waals surface area contributed by atoms with E-state index in [1.807, 2.05) is 0 Å². The molecule has 0 bridgehead atoms. The SMILES string of the molecule is CCC1CCCN(C2CCC2C(=O)O)C1. The molecule has 2 aliphatic rings. The molecular weight excluding hydrogens is 190 g/mol. The van der Waals surface area contributed by atoms with E-state index >= 15 is 0 Å². The molecule has 3 nitrogen and oxygen atoms in total. The molecule has 3 unspecified atom stereocenters. The fraction of sp³-hybridized carbons (Fsp3) is 0.917. The highest BCUT2D eigenvalue weighted by atomic mass is 16.4. The van der Waals surface area contributed by atoms with E-state index in [4.69, 9.17) is 5.11 Å². The second-order valence-corrected chi connectivity index (χ2v) is 5.00. The lowest BCUT2D eigenvalue weighted by molar-refractivity contribution is -0.149. The first-order valence-corrected chi connectivity index (χ1v) is 6.19. The van der Waals surface area contributed by atoms with E-state index in [0.717, 1.165) is 31.8 Å². The Morgan fingerprint density at radius 3 is 2.73 bits per heavy atom. The van der Waals surface area contributed by atoms with E-state index in [2.05, 4.69) is 11.8 Å². The highest BCUT2D eigenvalue weighted by Crippen LogP contribution is 2.35. The van der Waals surface area contributed by atoms with Gasteiger partial charge in [0, 0.05) is 12.6 Å². The van der Waals surface area contributed by atoms with E-state index < -0.39 is 5.97 Å². The molecule has 0 aromatic rings. The molecule has 3 heteroatoms. The maximum Gasteiger partial charge on any atom is 0.308 e. The fourth-order valence-corrected chi connectivity index (χ4v) is 2.94. The summed E-state index contributed by atoms with van der Waals surface area (Å²) in [5.41, 5.74) is 0. The molecule has 86 valence electrons. The first kappa shape index (κ1) is 10.9. The van der Waals surface area contributed by atoms with Crippen LogP contribution in [0.2, 0.25) is 0 Å². The van der Waals surface area contributed by atoms with Gasteiger partial charge in [-0.05, 0) is 38.1 Å². The molecule has 0 amide bonds. The molecule has 2 rings (SSSR count). The summed E-state index contributed by atoms with van der Waals surface area (Å²) >= 11 is 0. The quantitative estimate of drug-likeness (QED) is 0.776. The van der Waals surface area contributed by atoms with Crippen molar-refractivity contribution in [2.45, 2.75) is 45.1 Å². The number of nitrogens with zero attached hydrogens (tertiary/aromatic N) is 1. The Morgan fingerprint density at radius 1 is 1.40 bits per heavy atom. The molecule has 1 aliphatic heterocycles. The van der Waals surface area contributed by atoms with E-state index in [-0.39, 0.29) is 5.92 Å². The monoisotopic (exact) mass is 211 g/mol. The summed E-state index contributed by atoms with van der Waals surface area (Å²) in [5, 5.41) is 9.03. The van der Waals surface area contributed by atoms with Crippen LogP contribution in [0.4, 0.5) is 0 Å². The number of carboxylic acid groups (broad SMARTS) is 1. The molecule has 15 heavy (non-hydrogen) atoms. The van der Waals surface area contributed by atoms with Crippen molar-refractivity contribution >= 4 is 5.97 Å². The maximum absolute atomic E-state index is 11.0. The van der Waals surface area contributed by atoms with E-state index in [1.54, 1.807) is 0 Å². The Morgan fingerprint density at radius 2 is 2.20 bits per heavy atom. The third kappa shape index (κ3) is 2.17. The van der Waals surface area contributed by atoms with Gasteiger partial charge in [-0.3, -0.25) is 9.69 Å². The van der Waals surface area contributed by atoms with E-state index in [9.17, 15) is 4.79 Å². The van der Waals surface area contributed by atoms with Crippen molar-refractivity contribution in [2.24, 2.45) is 11.8 Å². The molecule has 0 aromatic carbocycles. The molecule has 0 spiro atoms. The van der Waals surface area contributed by atoms with E-state index in [1.165, 1.54) is 19.3 Å². The number of hydrogen-bond acceptors (Lipinski definition) is 2. The Labute approximate surface area is 91.5 Å². The van der Waals surface area contributed by atoms with Gasteiger partial charge >= 0.3 is 5.97 Å². The number of carboxylic acids is 1. The van der Waals surface area contributed by atoms with Crippen molar-refractivity contribution in [3.8, 4) is 0 Å². The highest BCUT2D eigenvalue weighted by molar-refractivity contribution is 5.72. The van der Waals surface area contributed by atoms with Crippen LogP contribution in [0.3, 0.4) is 0 Å². The van der Waals surface area contributed by atoms with Crippen LogP contribution in [0.25, 0.3) is 0 Å². The number of hydrogen-bond donors (Lipinski definition) is 1. The minimum absolute atomic E-state index is 0.0828. The molecule has 1 saturated carbocycles. The second-order valence-electron chi connectivity index (χ2n) is 5.00. The van der Waals surface area contributed by atoms with Crippen molar-refractivity contribution in [3.05, 3.63) is 0 Å². The van der Waals surface area contributed by atoms with Gasteiger partial charge in [-0.2, -0.15) is 0 Å². The molecular formula is C12H21NO2. The van der Waals surface area contributed by atoms with Gasteiger partial charge in [-0.15, -0.1) is 0 Å². The average Bonchev–Trinajstić information content (AvgIpc) is 2.15. The summed E-state index contributed by atoms with van der Waals surface area (Å²) in [5.74, 6) is 0.124. The fourth-order valence-electron chi connectivity index (χ4n) is 2.94. The summed E-state index contributed by atoms with van der Waals surface area (Å²) in [6.45, 7) is 4.49. The summed E-state index contributed by atoms with van der Waals surface area (Å²) in [6, 6.07) is 0.344. The van der Waals surface area contributed by atoms with Crippen molar-refractivity contribution in [1.29, 1.82) is 0 Å². The van der Waals surface area contributed by atoms with Gasteiger partial charge in [0.2, 0.25) is 0 Å². The third-order valence-electron chi connectivity index (χ3n) is 4.15. The maximum atomic E-state index is 11.0. The molecule has 0 aromatic heterocycles. The zero-order valence-electron chi connectivity index (χ0n) is 9.48. The molecule has 1 heterocycles. The van der Waals surface area contributed by atoms with Crippen molar-refractivity contribution in [1.82, 2.24) is 4.90 Å². The van der Waals surface area contributed by atoms with Crippen LogP contribution in [-0.2, 0) is 4.79 Å². The number of carbonyl (C=O) groups is 1. The Kier molecular flexibility index (Phi) is 3.29. The van der Waals surface area contributed by atoms with E-state index in [0.29, 0.717) is 6.04 Å². The van der Waals surface area contributed by atoms with Crippen molar-refractivity contribution < 1.29 is 9.90 Å². The normalized spacial score (nSPS) is 37.3. The molecule has 1 saturated heterocycles. The van der Waals surface area contributed by atoms with Crippen molar-refractivity contribution in [3.63, 3.8) is 0 Å². The largest absolute Gasteiger partial charge is 0.481 e. The zero-order valence-corrected chi connectivity index (χ0v) is 9.48. The van der Waals surface area contributed by atoms with Gasteiger partial charge in [0.1, 0.15) is 0 Å². The number of likely N-dealkylation sites (tertiary alicyclic amines) is 1. The minimum atomic E-state index is -0.593. The number of rotatable bonds is 3. The molecule has 1 N–H and O–H groups in total. The Hall–Kier alpha value is -0.570. The lowest BCUT2D eigenvalue weighted by Crippen LogP contribution is -2.53. The highest BCUT2D eigenvalue weighted by Gasteiger charge is 2.41. The smallest absolute Gasteiger partial charge is 0.308 e. The molecule has 3 atom stereocenters. The van der Waals surface area contributed by atoms with Gasteiger partial charge in [-0.1, -0.05) is 13.3 Å². The van der Waals surface area contributed by atoms with Crippen LogP contribution in [0, 0.1) is 11.8 Å². The lowest BCUT2D eigenvalue weighted by Gasteiger charge is -2.45. The van der Waals surface area contributed by atoms with Gasteiger partial charge in [0.05, 0.1) is 5.92 Å². The molecule has 1 aliphatic carbocycles. The summed E-state index contributed by atoms with van der Waals surface area (Å²) < 4.78 is 0. The van der Waals surface area contributed by atoms with Crippen molar-refractivity contribution in [2.75, 3.05) is 13.1 Å². The Balaban J connectivity index is 1.90. The molecule has 0 radical (unpaired) electrons. The van der Waals surface area contributed by atoms with Crippen LogP contribution in [0.1, 0.15) is 39.0 Å². The zero-order chi connectivity index (χ0) is 10.8. The standard InChI is InChI=1S/C12H21NO2/c1-2-9-4-3-7-13(8-9)11-6-5-10(11)12(14)15/h9-11H,2-8H2,1H3,(H,14,15). The minimum Gasteiger partial charge on any atom is -0.481 e. The van der Waals surface area contributed by atoms with Crippen LogP contribution in [0.5, 0.6) is 0 Å². The summed E-state index contributed by atoms with van der Waals surface area (Å²) in [7, 11) is 0. The predicted octanol–water partition coefficient (Wildman–Crippen LogP) is 1.97. The summed E-state index contributed by atoms with van der Waals surface area (Å²) in [4.78, 5) is 13.4. The molecule has 2 fully saturated rings. The van der Waals surface area contributed by atoms with Crippen LogP contribution in [0.15, 0.2) is 0 Å². The summed E-state index contributed by atoms with van der Waals surface area (Å²) in [6.07, 6.45) is 5.79. The predicted molar refractivity (Wildman–Crippen MR) is 58.7 cm³/mol. The number of aliphatic carboxylic acids is 1. The van der Waals surface area contributed by atoms with Gasteiger partial charge in [0.15, 0.2) is 0 Å². The topological polar surface area (TPSA) is 40.5 Å². The van der Waals surface area contributed by atoms with Crippen LogP contribution >= 0.6 is 0 Å². The average molecular weight is 211 g/mol. The first-order chi connectivity index (χ1) is 7.22. The van der Waals surface area contributed by atoms with Gasteiger partial charge in [0.25, 0.3) is 0 Å². The third-order valence-corrected chi connectivity index (χ3v) is 4.15. The van der Waals surface area contributed by atoms with Crippen LogP contribution < -0.4 is 0 Å². The Bertz CT molecular complexity index is 242.